The predicted molar refractivity (Wildman–Crippen MR) is 122 cm³/mol. The molecule has 4 heterocycles. The Morgan fingerprint density at radius 1 is 1.08 bits per heavy atom. The van der Waals surface area contributed by atoms with E-state index in [1.54, 1.807) is 27.6 Å². The summed E-state index contributed by atoms with van der Waals surface area (Å²) in [5.41, 5.74) is 7.11. The van der Waals surface area contributed by atoms with Crippen molar-refractivity contribution in [3.8, 4) is 16.9 Å². The van der Waals surface area contributed by atoms with Gasteiger partial charge < -0.3 is 15.2 Å². The number of halogens is 4. The van der Waals surface area contributed by atoms with Crippen molar-refractivity contribution < 1.29 is 27.2 Å². The maximum Gasteiger partial charge on any atom is 0.416 e. The number of aromatic nitrogens is 4. The van der Waals surface area contributed by atoms with Crippen LogP contribution < -0.4 is 5.73 Å². The molecule has 5 rings (SSSR count). The average molecular weight is 498 g/mol. The van der Waals surface area contributed by atoms with Crippen LogP contribution in [0.2, 0.25) is 0 Å². The zero-order chi connectivity index (χ0) is 25.8. The van der Waals surface area contributed by atoms with E-state index in [4.69, 9.17) is 5.73 Å². The molecule has 2 N–H and O–H groups in total. The van der Waals surface area contributed by atoms with Gasteiger partial charge in [0.2, 0.25) is 5.91 Å². The summed E-state index contributed by atoms with van der Waals surface area (Å²) < 4.78 is 55.8. The third-order valence-corrected chi connectivity index (χ3v) is 6.03. The molecule has 1 fully saturated rings. The van der Waals surface area contributed by atoms with Gasteiger partial charge >= 0.3 is 6.18 Å². The van der Waals surface area contributed by atoms with E-state index in [-0.39, 0.29) is 24.7 Å². The number of hydrogen-bond acceptors (Lipinski definition) is 4. The van der Waals surface area contributed by atoms with E-state index in [9.17, 15) is 27.2 Å². The molecule has 0 radical (unpaired) electrons. The molecule has 12 heteroatoms. The van der Waals surface area contributed by atoms with Crippen LogP contribution in [0, 0.1) is 0 Å². The molecule has 4 aromatic rings. The minimum absolute atomic E-state index is 0.150. The van der Waals surface area contributed by atoms with E-state index in [0.29, 0.717) is 28.0 Å². The molecule has 1 saturated heterocycles. The molecule has 0 unspecified atom stereocenters. The second-order valence-corrected chi connectivity index (χ2v) is 8.34. The second kappa shape index (κ2) is 8.33. The van der Waals surface area contributed by atoms with Gasteiger partial charge in [-0.2, -0.15) is 18.3 Å². The molecule has 0 spiro atoms. The number of carbonyl (C=O) groups is 2. The molecule has 3 aromatic heterocycles. The number of benzene rings is 1. The Hall–Kier alpha value is -4.48. The van der Waals surface area contributed by atoms with Gasteiger partial charge in [0.05, 0.1) is 22.9 Å². The molecule has 0 atom stereocenters. The molecule has 0 bridgehead atoms. The minimum Gasteiger partial charge on any atom is -0.366 e. The molecule has 184 valence electrons. The van der Waals surface area contributed by atoms with Gasteiger partial charge in [-0.1, -0.05) is 18.7 Å². The molecule has 0 aliphatic carbocycles. The number of alkyl halides is 3. The van der Waals surface area contributed by atoms with Crippen molar-refractivity contribution in [2.45, 2.75) is 12.2 Å². The molecular weight excluding hydrogens is 480 g/mol. The largest absolute Gasteiger partial charge is 0.416 e. The van der Waals surface area contributed by atoms with Gasteiger partial charge in [-0.15, -0.1) is 0 Å². The molecular formula is C24H18F4N6O2. The highest BCUT2D eigenvalue weighted by molar-refractivity contribution is 5.96. The SMILES string of the molecule is C=C(F)C(=O)N1CC(n2nc(-c3ccc(C(F)(F)F)cc3)c3nccc(-n4ccc(C(N)=O)c4)c32)C1. The van der Waals surface area contributed by atoms with Gasteiger partial charge in [0.1, 0.15) is 16.7 Å². The van der Waals surface area contributed by atoms with Crippen LogP contribution in [0.25, 0.3) is 28.0 Å². The number of primary amides is 1. The number of pyridine rings is 1. The standard InChI is InChI=1S/C24H18F4N6O2/c1-13(25)23(36)33-11-17(12-33)34-21-18(32-9-7-15(10-32)22(29)35)6-8-30-20(21)19(31-34)14-2-4-16(5-3-14)24(26,27)28/h2-10,17H,1,11-12H2,(H2,29,35). The summed E-state index contributed by atoms with van der Waals surface area (Å²) in [5, 5.41) is 4.65. The van der Waals surface area contributed by atoms with Gasteiger partial charge in [0.25, 0.3) is 5.91 Å². The highest BCUT2D eigenvalue weighted by Gasteiger charge is 2.36. The lowest BCUT2D eigenvalue weighted by atomic mass is 10.1. The lowest BCUT2D eigenvalue weighted by Gasteiger charge is -2.39. The molecule has 8 nitrogen and oxygen atoms in total. The Labute approximate surface area is 201 Å². The Kier molecular flexibility index (Phi) is 5.38. The van der Waals surface area contributed by atoms with Crippen LogP contribution in [0.3, 0.4) is 0 Å². The normalized spacial score (nSPS) is 14.2. The average Bonchev–Trinajstić information content (AvgIpc) is 3.43. The highest BCUT2D eigenvalue weighted by atomic mass is 19.4. The summed E-state index contributed by atoms with van der Waals surface area (Å²) in [6, 6.07) is 7.43. The van der Waals surface area contributed by atoms with Crippen LogP contribution in [0.15, 0.2) is 67.4 Å². The highest BCUT2D eigenvalue weighted by Crippen LogP contribution is 2.36. The quantitative estimate of drug-likeness (QED) is 0.334. The third-order valence-electron chi connectivity index (χ3n) is 6.03. The number of fused-ring (bicyclic) bond motifs is 1. The van der Waals surface area contributed by atoms with Gasteiger partial charge in [-0.3, -0.25) is 19.3 Å². The van der Waals surface area contributed by atoms with Crippen LogP contribution in [0.1, 0.15) is 22.0 Å². The van der Waals surface area contributed by atoms with E-state index in [2.05, 4.69) is 16.7 Å². The van der Waals surface area contributed by atoms with Crippen LogP contribution in [-0.2, 0) is 11.0 Å². The van der Waals surface area contributed by atoms with Crippen LogP contribution in [0.4, 0.5) is 17.6 Å². The summed E-state index contributed by atoms with van der Waals surface area (Å²) in [6.07, 6.45) is 0.203. The maximum absolute atomic E-state index is 13.3. The smallest absolute Gasteiger partial charge is 0.366 e. The molecule has 1 aliphatic heterocycles. The van der Waals surface area contributed by atoms with Crippen molar-refractivity contribution in [2.75, 3.05) is 13.1 Å². The van der Waals surface area contributed by atoms with Crippen molar-refractivity contribution in [3.05, 3.63) is 78.5 Å². The van der Waals surface area contributed by atoms with E-state index in [0.717, 1.165) is 12.1 Å². The van der Waals surface area contributed by atoms with E-state index < -0.39 is 29.4 Å². The third kappa shape index (κ3) is 3.89. The summed E-state index contributed by atoms with van der Waals surface area (Å²) in [4.78, 5) is 29.2. The Bertz CT molecular complexity index is 1510. The molecule has 1 aliphatic rings. The van der Waals surface area contributed by atoms with Crippen molar-refractivity contribution in [2.24, 2.45) is 5.73 Å². The van der Waals surface area contributed by atoms with Gasteiger partial charge in [0.15, 0.2) is 5.83 Å². The lowest BCUT2D eigenvalue weighted by molar-refractivity contribution is -0.137. The number of nitrogens with zero attached hydrogens (tertiary/aromatic N) is 5. The second-order valence-electron chi connectivity index (χ2n) is 8.34. The van der Waals surface area contributed by atoms with Crippen LogP contribution in [0.5, 0.6) is 0 Å². The van der Waals surface area contributed by atoms with Crippen molar-refractivity contribution in [1.82, 2.24) is 24.2 Å². The first kappa shape index (κ1) is 23.3. The zero-order valence-corrected chi connectivity index (χ0v) is 18.5. The molecule has 36 heavy (non-hydrogen) atoms. The molecule has 0 saturated carbocycles. The Balaban J connectivity index is 1.64. The van der Waals surface area contributed by atoms with E-state index >= 15 is 0 Å². The first-order valence-corrected chi connectivity index (χ1v) is 10.7. The fraction of sp³-hybridized carbons (Fsp3) is 0.167. The Morgan fingerprint density at radius 3 is 2.36 bits per heavy atom. The summed E-state index contributed by atoms with van der Waals surface area (Å²) in [6.45, 7) is 3.33. The number of amides is 2. The zero-order valence-electron chi connectivity index (χ0n) is 18.5. The number of carbonyl (C=O) groups excluding carboxylic acids is 2. The van der Waals surface area contributed by atoms with E-state index in [1.165, 1.54) is 29.4 Å². The summed E-state index contributed by atoms with van der Waals surface area (Å²) in [7, 11) is 0. The first-order chi connectivity index (χ1) is 17.0. The predicted octanol–water partition coefficient (Wildman–Crippen LogP) is 3.87. The number of nitrogens with two attached hydrogens (primary N) is 1. The minimum atomic E-state index is -4.49. The first-order valence-electron chi connectivity index (χ1n) is 10.7. The van der Waals surface area contributed by atoms with E-state index in [1.807, 2.05) is 0 Å². The molecule has 2 amide bonds. The fourth-order valence-electron chi connectivity index (χ4n) is 4.17. The number of rotatable bonds is 5. The van der Waals surface area contributed by atoms with Crippen molar-refractivity contribution >= 4 is 22.8 Å². The molecule has 1 aromatic carbocycles. The monoisotopic (exact) mass is 498 g/mol. The van der Waals surface area contributed by atoms with Gasteiger partial charge in [-0.05, 0) is 24.3 Å². The van der Waals surface area contributed by atoms with Gasteiger partial charge in [-0.25, -0.2) is 4.39 Å². The van der Waals surface area contributed by atoms with Crippen molar-refractivity contribution in [3.63, 3.8) is 0 Å². The number of hydrogen-bond donors (Lipinski definition) is 1. The summed E-state index contributed by atoms with van der Waals surface area (Å²) in [5.74, 6) is -2.50. The Morgan fingerprint density at radius 2 is 1.78 bits per heavy atom. The number of likely N-dealkylation sites (tertiary alicyclic amines) is 1. The summed E-state index contributed by atoms with van der Waals surface area (Å²) >= 11 is 0. The lowest BCUT2D eigenvalue weighted by Crippen LogP contribution is -2.51. The maximum atomic E-state index is 13.3. The van der Waals surface area contributed by atoms with Gasteiger partial charge in [0, 0.05) is 37.2 Å². The van der Waals surface area contributed by atoms with Crippen LogP contribution in [-0.4, -0.2) is 49.1 Å². The fourth-order valence-corrected chi connectivity index (χ4v) is 4.17. The topological polar surface area (TPSA) is 99.0 Å². The van der Waals surface area contributed by atoms with Crippen LogP contribution >= 0.6 is 0 Å². The van der Waals surface area contributed by atoms with Crippen molar-refractivity contribution in [1.29, 1.82) is 0 Å².